The summed E-state index contributed by atoms with van der Waals surface area (Å²) in [6.45, 7) is 3.32. The van der Waals surface area contributed by atoms with Crippen molar-refractivity contribution < 1.29 is 4.42 Å². The molecule has 0 amide bonds. The molecule has 0 bridgehead atoms. The summed E-state index contributed by atoms with van der Waals surface area (Å²) in [6.07, 6.45) is 3.28. The maximum absolute atomic E-state index is 5.23. The van der Waals surface area contributed by atoms with Gasteiger partial charge in [0.2, 0.25) is 5.96 Å². The number of furan rings is 1. The molecule has 4 N–H and O–H groups in total. The quantitative estimate of drug-likeness (QED) is 0.270. The van der Waals surface area contributed by atoms with E-state index in [1.807, 2.05) is 13.0 Å². The van der Waals surface area contributed by atoms with Gasteiger partial charge >= 0.3 is 0 Å². The lowest BCUT2D eigenvalue weighted by molar-refractivity contribution is 0.564. The summed E-state index contributed by atoms with van der Waals surface area (Å²) in [6, 6.07) is 1.86. The molecule has 0 saturated carbocycles. The molecule has 0 atom stereocenters. The predicted molar refractivity (Wildman–Crippen MR) is 50.8 cm³/mol. The highest BCUT2D eigenvalue weighted by Crippen LogP contribution is 2.00. The van der Waals surface area contributed by atoms with Crippen LogP contribution in [0.1, 0.15) is 12.5 Å². The number of rotatable bonds is 3. The SMILES string of the molecule is CCNC(=NCc1ccoc1)NN. The van der Waals surface area contributed by atoms with Crippen molar-refractivity contribution >= 4 is 5.96 Å². The number of nitrogens with two attached hydrogens (primary N) is 1. The second kappa shape index (κ2) is 5.21. The number of hydrazine groups is 1. The number of guanidine groups is 1. The van der Waals surface area contributed by atoms with E-state index >= 15 is 0 Å². The van der Waals surface area contributed by atoms with Crippen molar-refractivity contribution in [3.05, 3.63) is 24.2 Å². The first kappa shape index (κ1) is 9.60. The molecule has 13 heavy (non-hydrogen) atoms. The standard InChI is InChI=1S/C8H14N4O/c1-2-10-8(12-9)11-5-7-3-4-13-6-7/h3-4,6H,2,5,9H2,1H3,(H2,10,11,12). The fourth-order valence-corrected chi connectivity index (χ4v) is 0.873. The van der Waals surface area contributed by atoms with E-state index in [1.54, 1.807) is 12.5 Å². The van der Waals surface area contributed by atoms with Gasteiger partial charge < -0.3 is 9.73 Å². The minimum Gasteiger partial charge on any atom is -0.472 e. The Morgan fingerprint density at radius 1 is 1.69 bits per heavy atom. The molecular formula is C8H14N4O. The smallest absolute Gasteiger partial charge is 0.206 e. The van der Waals surface area contributed by atoms with Crippen LogP contribution in [0.3, 0.4) is 0 Å². The number of aliphatic imine (C=N–C) groups is 1. The van der Waals surface area contributed by atoms with Crippen molar-refractivity contribution in [2.24, 2.45) is 10.8 Å². The van der Waals surface area contributed by atoms with Crippen LogP contribution in [0.5, 0.6) is 0 Å². The molecule has 0 aliphatic heterocycles. The maximum Gasteiger partial charge on any atom is 0.206 e. The van der Waals surface area contributed by atoms with Crippen LogP contribution in [0.25, 0.3) is 0 Å². The summed E-state index contributed by atoms with van der Waals surface area (Å²) in [5, 5.41) is 2.98. The Morgan fingerprint density at radius 2 is 2.54 bits per heavy atom. The van der Waals surface area contributed by atoms with Gasteiger partial charge in [-0.1, -0.05) is 0 Å². The van der Waals surface area contributed by atoms with E-state index in [0.717, 1.165) is 12.1 Å². The van der Waals surface area contributed by atoms with E-state index in [4.69, 9.17) is 10.3 Å². The van der Waals surface area contributed by atoms with Gasteiger partial charge in [-0.2, -0.15) is 0 Å². The second-order valence-electron chi connectivity index (χ2n) is 2.47. The van der Waals surface area contributed by atoms with Crippen LogP contribution in [-0.4, -0.2) is 12.5 Å². The summed E-state index contributed by atoms with van der Waals surface area (Å²) in [7, 11) is 0. The third-order valence-electron chi connectivity index (χ3n) is 1.48. The number of nitrogens with zero attached hydrogens (tertiary/aromatic N) is 1. The Morgan fingerprint density at radius 3 is 3.08 bits per heavy atom. The Bertz CT molecular complexity index is 255. The van der Waals surface area contributed by atoms with E-state index in [0.29, 0.717) is 12.5 Å². The molecule has 0 spiro atoms. The summed E-state index contributed by atoms with van der Waals surface area (Å²) in [5.74, 6) is 5.82. The molecule has 1 heterocycles. The fraction of sp³-hybridized carbons (Fsp3) is 0.375. The average molecular weight is 182 g/mol. The van der Waals surface area contributed by atoms with Crippen molar-refractivity contribution in [1.29, 1.82) is 0 Å². The minimum atomic E-state index is 0.559. The zero-order valence-electron chi connectivity index (χ0n) is 7.58. The van der Waals surface area contributed by atoms with Gasteiger partial charge in [0.1, 0.15) is 0 Å². The predicted octanol–water partition coefficient (Wildman–Crippen LogP) is 0.208. The molecule has 5 heteroatoms. The summed E-state index contributed by atoms with van der Waals surface area (Å²) in [5.41, 5.74) is 3.49. The van der Waals surface area contributed by atoms with E-state index < -0.39 is 0 Å². The van der Waals surface area contributed by atoms with Gasteiger partial charge in [0.15, 0.2) is 0 Å². The number of hydrogen-bond donors (Lipinski definition) is 3. The molecule has 0 radical (unpaired) electrons. The molecule has 0 aliphatic rings. The van der Waals surface area contributed by atoms with E-state index in [2.05, 4.69) is 15.7 Å². The molecule has 1 aromatic heterocycles. The first-order valence-corrected chi connectivity index (χ1v) is 4.12. The lowest BCUT2D eigenvalue weighted by Gasteiger charge is -2.05. The third kappa shape index (κ3) is 3.16. The van der Waals surface area contributed by atoms with Crippen molar-refractivity contribution in [2.75, 3.05) is 6.54 Å². The van der Waals surface area contributed by atoms with Crippen LogP contribution in [0, 0.1) is 0 Å². The zero-order valence-corrected chi connectivity index (χ0v) is 7.58. The minimum absolute atomic E-state index is 0.559. The Labute approximate surface area is 77.0 Å². The van der Waals surface area contributed by atoms with Gasteiger partial charge in [-0.3, -0.25) is 5.43 Å². The zero-order chi connectivity index (χ0) is 9.52. The maximum atomic E-state index is 5.23. The molecule has 0 aliphatic carbocycles. The average Bonchev–Trinajstić information content (AvgIpc) is 2.64. The lowest BCUT2D eigenvalue weighted by Crippen LogP contribution is -2.41. The molecule has 72 valence electrons. The normalized spacial score (nSPS) is 11.4. The molecular weight excluding hydrogens is 168 g/mol. The summed E-state index contributed by atoms with van der Waals surface area (Å²) < 4.78 is 4.90. The largest absolute Gasteiger partial charge is 0.472 e. The van der Waals surface area contributed by atoms with E-state index in [9.17, 15) is 0 Å². The van der Waals surface area contributed by atoms with Crippen molar-refractivity contribution in [3.63, 3.8) is 0 Å². The van der Waals surface area contributed by atoms with Gasteiger partial charge in [0, 0.05) is 12.1 Å². The van der Waals surface area contributed by atoms with E-state index in [1.165, 1.54) is 0 Å². The lowest BCUT2D eigenvalue weighted by atomic mass is 10.3. The monoisotopic (exact) mass is 182 g/mol. The highest BCUT2D eigenvalue weighted by Gasteiger charge is 1.94. The van der Waals surface area contributed by atoms with Gasteiger partial charge in [0.05, 0.1) is 19.1 Å². The molecule has 0 aromatic carbocycles. The van der Waals surface area contributed by atoms with Crippen LogP contribution in [-0.2, 0) is 6.54 Å². The van der Waals surface area contributed by atoms with E-state index in [-0.39, 0.29) is 0 Å². The Kier molecular flexibility index (Phi) is 3.84. The van der Waals surface area contributed by atoms with Crippen LogP contribution < -0.4 is 16.6 Å². The third-order valence-corrected chi connectivity index (χ3v) is 1.48. The molecule has 0 saturated heterocycles. The van der Waals surface area contributed by atoms with Gasteiger partial charge in [-0.15, -0.1) is 0 Å². The van der Waals surface area contributed by atoms with Gasteiger partial charge in [0.25, 0.3) is 0 Å². The van der Waals surface area contributed by atoms with Crippen molar-refractivity contribution in [3.8, 4) is 0 Å². The van der Waals surface area contributed by atoms with Gasteiger partial charge in [-0.25, -0.2) is 10.8 Å². The molecule has 5 nitrogen and oxygen atoms in total. The molecule has 0 unspecified atom stereocenters. The number of nitrogens with one attached hydrogen (secondary N) is 2. The first-order valence-electron chi connectivity index (χ1n) is 4.12. The Hall–Kier alpha value is -1.49. The number of hydrogen-bond acceptors (Lipinski definition) is 3. The molecule has 0 fully saturated rings. The molecule has 1 rings (SSSR count). The van der Waals surface area contributed by atoms with Crippen LogP contribution in [0.4, 0.5) is 0 Å². The highest BCUT2D eigenvalue weighted by molar-refractivity contribution is 5.79. The summed E-state index contributed by atoms with van der Waals surface area (Å²) >= 11 is 0. The second-order valence-corrected chi connectivity index (χ2v) is 2.47. The summed E-state index contributed by atoms with van der Waals surface area (Å²) in [4.78, 5) is 4.18. The van der Waals surface area contributed by atoms with Crippen molar-refractivity contribution in [2.45, 2.75) is 13.5 Å². The molecule has 1 aromatic rings. The van der Waals surface area contributed by atoms with Crippen LogP contribution in [0.2, 0.25) is 0 Å². The fourth-order valence-electron chi connectivity index (χ4n) is 0.873. The van der Waals surface area contributed by atoms with Crippen LogP contribution in [0.15, 0.2) is 28.0 Å². The first-order chi connectivity index (χ1) is 6.36. The topological polar surface area (TPSA) is 75.6 Å². The van der Waals surface area contributed by atoms with Crippen LogP contribution >= 0.6 is 0 Å². The highest BCUT2D eigenvalue weighted by atomic mass is 16.3. The van der Waals surface area contributed by atoms with Crippen molar-refractivity contribution in [1.82, 2.24) is 10.7 Å². The Balaban J connectivity index is 2.45. The van der Waals surface area contributed by atoms with Gasteiger partial charge in [-0.05, 0) is 13.0 Å².